The van der Waals surface area contributed by atoms with Crippen molar-refractivity contribution in [3.8, 4) is 0 Å². The van der Waals surface area contributed by atoms with Gasteiger partial charge in [0.2, 0.25) is 5.91 Å². The molecule has 19 heteroatoms. The number of unbranched alkanes of at least 4 members (excludes halogenated alkanes) is 22. The van der Waals surface area contributed by atoms with Crippen molar-refractivity contribution in [3.05, 3.63) is 122 Å². The van der Waals surface area contributed by atoms with E-state index >= 15 is 0 Å². The molecule has 12 N–H and O–H groups in total. The van der Waals surface area contributed by atoms with E-state index in [1.54, 1.807) is 6.08 Å². The van der Waals surface area contributed by atoms with Crippen molar-refractivity contribution < 1.29 is 89.4 Å². The van der Waals surface area contributed by atoms with Crippen molar-refractivity contribution in [2.45, 2.75) is 336 Å². The maximum atomic E-state index is 13.4. The van der Waals surface area contributed by atoms with Gasteiger partial charge in [0, 0.05) is 6.42 Å². The van der Waals surface area contributed by atoms with E-state index in [2.05, 4.69) is 129 Å². The topological polar surface area (TPSA) is 307 Å². The number of rotatable bonds is 56. The van der Waals surface area contributed by atoms with Gasteiger partial charge in [-0.05, 0) is 96.3 Å². The smallest absolute Gasteiger partial charge is 0.220 e. The molecule has 556 valence electrons. The Morgan fingerprint density at radius 3 is 1.15 bits per heavy atom. The molecule has 17 unspecified atom stereocenters. The molecule has 0 aromatic rings. The van der Waals surface area contributed by atoms with Crippen LogP contribution in [0.25, 0.3) is 0 Å². The van der Waals surface area contributed by atoms with Gasteiger partial charge in [-0.2, -0.15) is 0 Å². The maximum absolute atomic E-state index is 13.4. The molecule has 3 heterocycles. The molecule has 0 spiro atoms. The number of nitrogens with one attached hydrogen (secondary N) is 1. The minimum atomic E-state index is -1.99. The van der Waals surface area contributed by atoms with Gasteiger partial charge >= 0.3 is 0 Å². The summed E-state index contributed by atoms with van der Waals surface area (Å²) < 4.78 is 34.3. The lowest BCUT2D eigenvalue weighted by Gasteiger charge is -2.48. The number of aliphatic hydroxyl groups excluding tert-OH is 11. The molecule has 3 aliphatic heterocycles. The van der Waals surface area contributed by atoms with Crippen LogP contribution >= 0.6 is 0 Å². The van der Waals surface area contributed by atoms with Crippen LogP contribution in [0, 0.1) is 0 Å². The van der Waals surface area contributed by atoms with E-state index in [1.807, 2.05) is 6.08 Å². The second-order valence-corrected chi connectivity index (χ2v) is 26.0. The van der Waals surface area contributed by atoms with Gasteiger partial charge in [0.05, 0.1) is 38.6 Å². The van der Waals surface area contributed by atoms with Crippen LogP contribution in [0.4, 0.5) is 0 Å². The summed E-state index contributed by atoms with van der Waals surface area (Å²) in [5.74, 6) is -0.292. The highest BCUT2D eigenvalue weighted by atomic mass is 16.8. The molecule has 3 fully saturated rings. The molecule has 0 aliphatic carbocycles. The van der Waals surface area contributed by atoms with Crippen LogP contribution < -0.4 is 5.32 Å². The first kappa shape index (κ1) is 87.4. The second-order valence-electron chi connectivity index (χ2n) is 26.0. The fourth-order valence-corrected chi connectivity index (χ4v) is 11.8. The normalized spacial score (nSPS) is 27.6. The molecule has 0 bridgehead atoms. The number of carbonyl (C=O) groups excluding carboxylic acids is 1. The summed E-state index contributed by atoms with van der Waals surface area (Å²) in [6.45, 7) is 1.58. The molecule has 17 atom stereocenters. The van der Waals surface area contributed by atoms with Crippen molar-refractivity contribution in [3.63, 3.8) is 0 Å². The highest BCUT2D eigenvalue weighted by Gasteiger charge is 2.53. The highest BCUT2D eigenvalue weighted by molar-refractivity contribution is 5.76. The Bertz CT molecular complexity index is 2230. The largest absolute Gasteiger partial charge is 0.394 e. The lowest BCUT2D eigenvalue weighted by molar-refractivity contribution is -0.379. The van der Waals surface area contributed by atoms with Crippen molar-refractivity contribution in [1.82, 2.24) is 5.32 Å². The third kappa shape index (κ3) is 38.7. The monoisotopic (exact) mass is 1370 g/mol. The van der Waals surface area contributed by atoms with Gasteiger partial charge < -0.3 is 89.9 Å². The molecule has 0 radical (unpaired) electrons. The van der Waals surface area contributed by atoms with E-state index in [1.165, 1.54) is 96.3 Å². The van der Waals surface area contributed by atoms with Gasteiger partial charge in [-0.25, -0.2) is 0 Å². The number of hydrogen-bond acceptors (Lipinski definition) is 18. The Hall–Kier alpha value is -3.81. The second kappa shape index (κ2) is 57.8. The Balaban J connectivity index is 1.35. The Kier molecular flexibility index (Phi) is 52.1. The maximum Gasteiger partial charge on any atom is 0.220 e. The molecule has 0 aromatic heterocycles. The van der Waals surface area contributed by atoms with E-state index in [0.717, 1.165) is 103 Å². The number of allylic oxidation sites excluding steroid dienone is 19. The molecule has 1 amide bonds. The van der Waals surface area contributed by atoms with E-state index < -0.39 is 124 Å². The van der Waals surface area contributed by atoms with Crippen LogP contribution in [-0.2, 0) is 33.2 Å². The van der Waals surface area contributed by atoms with E-state index in [-0.39, 0.29) is 18.9 Å². The quantitative estimate of drug-likeness (QED) is 0.0199. The van der Waals surface area contributed by atoms with Crippen molar-refractivity contribution in [2.75, 3.05) is 26.4 Å². The van der Waals surface area contributed by atoms with Gasteiger partial charge in [-0.3, -0.25) is 4.79 Å². The molecule has 3 saturated heterocycles. The zero-order valence-corrected chi connectivity index (χ0v) is 59.0. The van der Waals surface area contributed by atoms with Crippen molar-refractivity contribution in [2.24, 2.45) is 0 Å². The molecule has 0 saturated carbocycles. The van der Waals surface area contributed by atoms with Gasteiger partial charge in [0.15, 0.2) is 18.9 Å². The molecule has 97 heavy (non-hydrogen) atoms. The zero-order chi connectivity index (χ0) is 70.4. The standard InChI is InChI=1S/C78H131NO18/c1-3-5-7-9-11-13-15-17-19-20-21-22-23-24-25-26-27-28-29-30-31-32-33-34-35-36-37-38-39-40-42-44-46-48-50-52-54-56-66(84)79-61(62(83)55-53-51-49-47-45-43-41-18-16-14-12-10-8-6-4-2)60-92-76-72(90)69(87)74(64(58-81)94-76)97-78-73(91)70(88)75(65(59-82)95-78)96-77-71(89)68(86)67(85)63(57-80)93-77/h5,7,11,13,17,19,21-22,24-25,27-28,30-31,33-34,45,47,53,55,61-65,67-78,80-83,85-91H,3-4,6,8-10,12,14-16,18,20,23,26,29,32,35-44,46,48-52,54,56-60H2,1-2H3,(H,79,84)/b7-5-,13-11-,19-17-,22-21-,25-24-,28-27-,31-30-,34-33-,47-45+,55-53+. The summed E-state index contributed by atoms with van der Waals surface area (Å²) in [4.78, 5) is 13.4. The lowest BCUT2D eigenvalue weighted by atomic mass is 9.96. The highest BCUT2D eigenvalue weighted by Crippen LogP contribution is 2.33. The average Bonchev–Trinajstić information content (AvgIpc) is 0.789. The van der Waals surface area contributed by atoms with Crippen molar-refractivity contribution >= 4 is 5.91 Å². The molecule has 3 aliphatic rings. The predicted octanol–water partition coefficient (Wildman–Crippen LogP) is 11.2. The Morgan fingerprint density at radius 1 is 0.381 bits per heavy atom. The Labute approximate surface area is 582 Å². The van der Waals surface area contributed by atoms with E-state index in [4.69, 9.17) is 28.4 Å². The summed E-state index contributed by atoms with van der Waals surface area (Å²) in [5, 5.41) is 121. The number of ether oxygens (including phenoxy) is 6. The zero-order valence-electron chi connectivity index (χ0n) is 59.0. The van der Waals surface area contributed by atoms with Gasteiger partial charge in [-0.15, -0.1) is 0 Å². The molecular formula is C78H131NO18. The molecule has 19 nitrogen and oxygen atoms in total. The van der Waals surface area contributed by atoms with Gasteiger partial charge in [-0.1, -0.05) is 251 Å². The number of carbonyl (C=O) groups is 1. The third-order valence-electron chi connectivity index (χ3n) is 17.7. The number of aliphatic hydroxyl groups is 11. The first-order chi connectivity index (χ1) is 47.3. The Morgan fingerprint density at radius 2 is 0.722 bits per heavy atom. The minimum absolute atomic E-state index is 0.226. The number of amides is 1. The summed E-state index contributed by atoms with van der Waals surface area (Å²) >= 11 is 0. The average molecular weight is 1370 g/mol. The van der Waals surface area contributed by atoms with E-state index in [9.17, 15) is 61.0 Å². The molecular weight excluding hydrogens is 1240 g/mol. The summed E-state index contributed by atoms with van der Waals surface area (Å²) in [5.41, 5.74) is 0. The van der Waals surface area contributed by atoms with Crippen molar-refractivity contribution in [1.29, 1.82) is 0 Å². The van der Waals surface area contributed by atoms with Gasteiger partial charge in [0.25, 0.3) is 0 Å². The summed E-state index contributed by atoms with van der Waals surface area (Å²) in [6, 6.07) is -0.998. The van der Waals surface area contributed by atoms with E-state index in [0.29, 0.717) is 12.8 Å². The third-order valence-corrected chi connectivity index (χ3v) is 17.7. The first-order valence-electron chi connectivity index (χ1n) is 37.3. The SMILES string of the molecule is CC/C=C\C/C=C\C/C=C\C/C=C\C/C=C\C/C=C\C/C=C\C/C=C\CCCCCCCCCCCCCCC(=O)NC(COC1OC(CO)C(OC2OC(CO)C(OC3OC(CO)C(O)C(O)C3O)C(O)C2O)C(O)C1O)C(O)/C=C/CC/C=C/CCCCCCCCCCC. The van der Waals surface area contributed by atoms with Gasteiger partial charge in [0.1, 0.15) is 73.2 Å². The molecule has 3 rings (SSSR count). The summed E-state index contributed by atoms with van der Waals surface area (Å²) in [6.07, 6.45) is 53.3. The van der Waals surface area contributed by atoms with Crippen LogP contribution in [0.5, 0.6) is 0 Å². The first-order valence-corrected chi connectivity index (χ1v) is 37.3. The van der Waals surface area contributed by atoms with Crippen LogP contribution in [-0.4, -0.2) is 193 Å². The predicted molar refractivity (Wildman–Crippen MR) is 383 cm³/mol. The van der Waals surface area contributed by atoms with Crippen LogP contribution in [0.15, 0.2) is 122 Å². The minimum Gasteiger partial charge on any atom is -0.394 e. The lowest BCUT2D eigenvalue weighted by Crippen LogP contribution is -2.66. The number of hydrogen-bond donors (Lipinski definition) is 12. The van der Waals surface area contributed by atoms with Crippen LogP contribution in [0.2, 0.25) is 0 Å². The fourth-order valence-electron chi connectivity index (χ4n) is 11.8. The van der Waals surface area contributed by atoms with Crippen LogP contribution in [0.1, 0.15) is 232 Å². The summed E-state index contributed by atoms with van der Waals surface area (Å²) in [7, 11) is 0. The van der Waals surface area contributed by atoms with Crippen LogP contribution in [0.3, 0.4) is 0 Å². The molecule has 0 aromatic carbocycles. The fraction of sp³-hybridized carbons (Fsp3) is 0.731.